The average molecular weight is 388 g/mol. The molecule has 0 saturated heterocycles. The number of hydrogen-bond acceptors (Lipinski definition) is 2. The number of rotatable bonds is 4. The fourth-order valence-electron chi connectivity index (χ4n) is 3.14. The molecular formula is C21H19F3N2O2. The molecule has 0 unspecified atom stereocenters. The summed E-state index contributed by atoms with van der Waals surface area (Å²) in [6, 6.07) is 13.7. The Labute approximate surface area is 160 Å². The summed E-state index contributed by atoms with van der Waals surface area (Å²) in [4.78, 5) is 12.7. The van der Waals surface area contributed by atoms with E-state index < -0.39 is 17.6 Å². The molecule has 1 aromatic heterocycles. The van der Waals surface area contributed by atoms with Crippen molar-refractivity contribution in [3.63, 3.8) is 0 Å². The standard InChI is InChI=1S/C21H19F3N2O2/c1-13-12-17(20(27)25-15-8-10-16(28-3)11-9-15)14(2)26(13)19-7-5-4-6-18(19)21(22,23)24/h4-12H,1-3H3,(H,25,27). The van der Waals surface area contributed by atoms with Crippen LogP contribution in [0.1, 0.15) is 27.3 Å². The van der Waals surface area contributed by atoms with Gasteiger partial charge in [0.25, 0.3) is 5.91 Å². The van der Waals surface area contributed by atoms with Crippen LogP contribution < -0.4 is 10.1 Å². The van der Waals surface area contributed by atoms with Gasteiger partial charge in [-0.1, -0.05) is 12.1 Å². The summed E-state index contributed by atoms with van der Waals surface area (Å²) in [5.41, 5.74) is 1.08. The Morgan fingerprint density at radius 1 is 1.04 bits per heavy atom. The molecule has 1 amide bonds. The van der Waals surface area contributed by atoms with Crippen molar-refractivity contribution in [3.05, 3.63) is 77.1 Å². The maximum Gasteiger partial charge on any atom is 0.418 e. The van der Waals surface area contributed by atoms with Crippen LogP contribution in [-0.2, 0) is 6.18 Å². The lowest BCUT2D eigenvalue weighted by Crippen LogP contribution is -2.14. The van der Waals surface area contributed by atoms with E-state index in [0.29, 0.717) is 28.4 Å². The first kappa shape index (κ1) is 19.5. The highest BCUT2D eigenvalue weighted by Gasteiger charge is 2.34. The Morgan fingerprint density at radius 3 is 2.29 bits per heavy atom. The normalized spacial score (nSPS) is 11.4. The number of alkyl halides is 3. The van der Waals surface area contributed by atoms with E-state index in [4.69, 9.17) is 4.74 Å². The molecule has 146 valence electrons. The van der Waals surface area contributed by atoms with Crippen LogP contribution in [0.2, 0.25) is 0 Å². The van der Waals surface area contributed by atoms with E-state index in [2.05, 4.69) is 5.32 Å². The Balaban J connectivity index is 1.97. The Kier molecular flexibility index (Phi) is 5.18. The Morgan fingerprint density at radius 2 is 1.68 bits per heavy atom. The zero-order valence-corrected chi connectivity index (χ0v) is 15.6. The lowest BCUT2D eigenvalue weighted by Gasteiger charge is -2.16. The number of benzene rings is 2. The number of carbonyl (C=O) groups excluding carboxylic acids is 1. The van der Waals surface area contributed by atoms with Crippen LogP contribution in [0.4, 0.5) is 18.9 Å². The van der Waals surface area contributed by atoms with E-state index in [1.165, 1.54) is 16.7 Å². The number of ether oxygens (including phenoxy) is 1. The van der Waals surface area contributed by atoms with Crippen molar-refractivity contribution in [3.8, 4) is 11.4 Å². The number of methoxy groups -OCH3 is 1. The summed E-state index contributed by atoms with van der Waals surface area (Å²) in [5, 5.41) is 2.76. The molecule has 1 N–H and O–H groups in total. The SMILES string of the molecule is COc1ccc(NC(=O)c2cc(C)n(-c3ccccc3C(F)(F)F)c2C)cc1. The van der Waals surface area contributed by atoms with Crippen molar-refractivity contribution in [2.24, 2.45) is 0 Å². The highest BCUT2D eigenvalue weighted by atomic mass is 19.4. The van der Waals surface area contributed by atoms with Gasteiger partial charge in [-0.25, -0.2) is 0 Å². The molecule has 0 bridgehead atoms. The van der Waals surface area contributed by atoms with Gasteiger partial charge in [0.1, 0.15) is 5.75 Å². The molecule has 7 heteroatoms. The number of carbonyl (C=O) groups is 1. The van der Waals surface area contributed by atoms with E-state index in [1.54, 1.807) is 57.4 Å². The quantitative estimate of drug-likeness (QED) is 0.653. The van der Waals surface area contributed by atoms with Gasteiger partial charge < -0.3 is 14.6 Å². The van der Waals surface area contributed by atoms with Crippen LogP contribution in [0.15, 0.2) is 54.6 Å². The molecule has 0 aliphatic carbocycles. The number of aryl methyl sites for hydroxylation is 1. The van der Waals surface area contributed by atoms with Crippen molar-refractivity contribution in [1.29, 1.82) is 0 Å². The summed E-state index contributed by atoms with van der Waals surface area (Å²) in [6.07, 6.45) is -4.49. The van der Waals surface area contributed by atoms with Crippen molar-refractivity contribution in [1.82, 2.24) is 4.57 Å². The predicted octanol–water partition coefficient (Wildman–Crippen LogP) is 5.37. The number of para-hydroxylation sites is 1. The van der Waals surface area contributed by atoms with Crippen LogP contribution in [0.5, 0.6) is 5.75 Å². The van der Waals surface area contributed by atoms with E-state index >= 15 is 0 Å². The molecular weight excluding hydrogens is 369 g/mol. The molecule has 0 atom stereocenters. The van der Waals surface area contributed by atoms with Gasteiger partial charge in [0.15, 0.2) is 0 Å². The van der Waals surface area contributed by atoms with Crippen LogP contribution in [0, 0.1) is 13.8 Å². The number of nitrogens with zero attached hydrogens (tertiary/aromatic N) is 1. The second kappa shape index (κ2) is 7.42. The van der Waals surface area contributed by atoms with Gasteiger partial charge in [-0.2, -0.15) is 13.2 Å². The number of hydrogen-bond donors (Lipinski definition) is 1. The molecule has 3 rings (SSSR count). The van der Waals surface area contributed by atoms with Crippen molar-refractivity contribution < 1.29 is 22.7 Å². The fourth-order valence-corrected chi connectivity index (χ4v) is 3.14. The monoisotopic (exact) mass is 388 g/mol. The molecule has 0 aliphatic rings. The first-order valence-electron chi connectivity index (χ1n) is 8.53. The van der Waals surface area contributed by atoms with Crippen LogP contribution in [-0.4, -0.2) is 17.6 Å². The molecule has 3 aromatic rings. The summed E-state index contributed by atoms with van der Waals surface area (Å²) >= 11 is 0. The first-order chi connectivity index (χ1) is 13.2. The van der Waals surface area contributed by atoms with Gasteiger partial charge in [0.2, 0.25) is 0 Å². The number of anilines is 1. The summed E-state index contributed by atoms with van der Waals surface area (Å²) < 4.78 is 46.8. The molecule has 0 spiro atoms. The second-order valence-corrected chi connectivity index (χ2v) is 6.32. The smallest absolute Gasteiger partial charge is 0.418 e. The predicted molar refractivity (Wildman–Crippen MR) is 101 cm³/mol. The number of amides is 1. The fraction of sp³-hybridized carbons (Fsp3) is 0.190. The van der Waals surface area contributed by atoms with E-state index in [9.17, 15) is 18.0 Å². The van der Waals surface area contributed by atoms with Gasteiger partial charge in [-0.15, -0.1) is 0 Å². The third-order valence-electron chi connectivity index (χ3n) is 4.47. The summed E-state index contributed by atoms with van der Waals surface area (Å²) in [6.45, 7) is 3.30. The van der Waals surface area contributed by atoms with Crippen molar-refractivity contribution >= 4 is 11.6 Å². The van der Waals surface area contributed by atoms with Gasteiger partial charge in [-0.05, 0) is 56.3 Å². The molecule has 0 fully saturated rings. The topological polar surface area (TPSA) is 43.3 Å². The van der Waals surface area contributed by atoms with E-state index in [-0.39, 0.29) is 5.69 Å². The van der Waals surface area contributed by atoms with Gasteiger partial charge >= 0.3 is 6.18 Å². The minimum Gasteiger partial charge on any atom is -0.497 e. The van der Waals surface area contributed by atoms with E-state index in [1.807, 2.05) is 0 Å². The zero-order chi connectivity index (χ0) is 20.5. The van der Waals surface area contributed by atoms with Gasteiger partial charge in [-0.3, -0.25) is 4.79 Å². The van der Waals surface area contributed by atoms with Crippen LogP contribution in [0.25, 0.3) is 5.69 Å². The van der Waals surface area contributed by atoms with Crippen LogP contribution >= 0.6 is 0 Å². The molecule has 2 aromatic carbocycles. The maximum atomic E-state index is 13.4. The highest BCUT2D eigenvalue weighted by molar-refractivity contribution is 6.05. The minimum atomic E-state index is -4.49. The summed E-state index contributed by atoms with van der Waals surface area (Å²) in [7, 11) is 1.54. The highest BCUT2D eigenvalue weighted by Crippen LogP contribution is 2.35. The Hall–Kier alpha value is -3.22. The first-order valence-corrected chi connectivity index (χ1v) is 8.53. The molecule has 0 radical (unpaired) electrons. The molecule has 28 heavy (non-hydrogen) atoms. The number of nitrogens with one attached hydrogen (secondary N) is 1. The third-order valence-corrected chi connectivity index (χ3v) is 4.47. The molecule has 0 saturated carbocycles. The second-order valence-electron chi connectivity index (χ2n) is 6.32. The molecule has 0 aliphatic heterocycles. The lowest BCUT2D eigenvalue weighted by atomic mass is 10.1. The average Bonchev–Trinajstić information content (AvgIpc) is 2.96. The van der Waals surface area contributed by atoms with E-state index in [0.717, 1.165) is 6.07 Å². The van der Waals surface area contributed by atoms with Crippen LogP contribution in [0.3, 0.4) is 0 Å². The lowest BCUT2D eigenvalue weighted by molar-refractivity contribution is -0.137. The van der Waals surface area contributed by atoms with Gasteiger partial charge in [0.05, 0.1) is 23.9 Å². The molecule has 1 heterocycles. The summed E-state index contributed by atoms with van der Waals surface area (Å²) in [5.74, 6) is 0.258. The number of aromatic nitrogens is 1. The number of halogens is 3. The van der Waals surface area contributed by atoms with Crippen molar-refractivity contribution in [2.75, 3.05) is 12.4 Å². The molecule has 4 nitrogen and oxygen atoms in total. The minimum absolute atomic E-state index is 0.00602. The largest absolute Gasteiger partial charge is 0.497 e. The zero-order valence-electron chi connectivity index (χ0n) is 15.6. The van der Waals surface area contributed by atoms with Crippen molar-refractivity contribution in [2.45, 2.75) is 20.0 Å². The maximum absolute atomic E-state index is 13.4. The Bertz CT molecular complexity index is 1010. The third kappa shape index (κ3) is 3.74. The van der Waals surface area contributed by atoms with Gasteiger partial charge in [0, 0.05) is 17.1 Å².